The van der Waals surface area contributed by atoms with Crippen LogP contribution in [0.2, 0.25) is 0 Å². The number of aromatic nitrogens is 1. The van der Waals surface area contributed by atoms with Crippen LogP contribution in [0.1, 0.15) is 42.1 Å². The number of nitrogens with one attached hydrogen (secondary N) is 1. The molecule has 1 amide bonds. The number of carbonyl (C=O) groups is 1. The van der Waals surface area contributed by atoms with E-state index in [9.17, 15) is 4.79 Å². The largest absolute Gasteiger partial charge is 0.335 e. The van der Waals surface area contributed by atoms with Crippen LogP contribution in [0.4, 0.5) is 5.69 Å². The molecule has 0 spiro atoms. The van der Waals surface area contributed by atoms with Crippen molar-refractivity contribution in [3.8, 4) is 0 Å². The minimum absolute atomic E-state index is 0.00659. The summed E-state index contributed by atoms with van der Waals surface area (Å²) in [6.45, 7) is 10.3. The first-order valence-electron chi connectivity index (χ1n) is 8.89. The standard InChI is InChI=1S/C22H26N2O/c1-6-18-7-8-20-19(13-18)9-10-24(20)17(5)22(25)23-21-15(3)11-14(2)12-16(21)4/h7-13,17H,6H2,1-5H3,(H,23,25). The number of anilines is 1. The van der Waals surface area contributed by atoms with Crippen LogP contribution in [0, 0.1) is 20.8 Å². The molecule has 3 nitrogen and oxygen atoms in total. The van der Waals surface area contributed by atoms with Crippen LogP contribution in [0.5, 0.6) is 0 Å². The van der Waals surface area contributed by atoms with Crippen molar-refractivity contribution >= 4 is 22.5 Å². The maximum Gasteiger partial charge on any atom is 0.247 e. The predicted molar refractivity (Wildman–Crippen MR) is 105 cm³/mol. The van der Waals surface area contributed by atoms with Crippen molar-refractivity contribution in [1.29, 1.82) is 0 Å². The molecule has 1 unspecified atom stereocenters. The van der Waals surface area contributed by atoms with Crippen molar-refractivity contribution in [3.05, 3.63) is 64.8 Å². The van der Waals surface area contributed by atoms with Gasteiger partial charge in [-0.05, 0) is 74.4 Å². The average Bonchev–Trinajstić information content (AvgIpc) is 3.00. The van der Waals surface area contributed by atoms with E-state index >= 15 is 0 Å². The molecule has 0 aliphatic heterocycles. The Morgan fingerprint density at radius 3 is 2.40 bits per heavy atom. The Morgan fingerprint density at radius 1 is 1.08 bits per heavy atom. The molecule has 0 bridgehead atoms. The van der Waals surface area contributed by atoms with Crippen molar-refractivity contribution < 1.29 is 4.79 Å². The van der Waals surface area contributed by atoms with Gasteiger partial charge in [0.1, 0.15) is 6.04 Å². The molecule has 25 heavy (non-hydrogen) atoms. The van der Waals surface area contributed by atoms with Crippen molar-refractivity contribution in [2.75, 3.05) is 5.32 Å². The zero-order valence-electron chi connectivity index (χ0n) is 15.7. The molecular weight excluding hydrogens is 308 g/mol. The number of aryl methyl sites for hydroxylation is 4. The van der Waals surface area contributed by atoms with Gasteiger partial charge in [-0.3, -0.25) is 4.79 Å². The second-order valence-electron chi connectivity index (χ2n) is 6.91. The van der Waals surface area contributed by atoms with Crippen LogP contribution in [-0.4, -0.2) is 10.5 Å². The Bertz CT molecular complexity index is 913. The summed E-state index contributed by atoms with van der Waals surface area (Å²) in [5.41, 5.74) is 6.74. The summed E-state index contributed by atoms with van der Waals surface area (Å²) >= 11 is 0. The van der Waals surface area contributed by atoms with Crippen molar-refractivity contribution in [1.82, 2.24) is 4.57 Å². The fraction of sp³-hybridized carbons (Fsp3) is 0.318. The maximum atomic E-state index is 12.8. The van der Waals surface area contributed by atoms with Gasteiger partial charge >= 0.3 is 0 Å². The lowest BCUT2D eigenvalue weighted by molar-refractivity contribution is -0.118. The number of rotatable bonds is 4. The van der Waals surface area contributed by atoms with Crippen LogP contribution in [0.25, 0.3) is 10.9 Å². The molecule has 0 radical (unpaired) electrons. The number of hydrogen-bond donors (Lipinski definition) is 1. The van der Waals surface area contributed by atoms with Crippen molar-refractivity contribution in [3.63, 3.8) is 0 Å². The highest BCUT2D eigenvalue weighted by Gasteiger charge is 2.18. The number of benzene rings is 2. The lowest BCUT2D eigenvalue weighted by Crippen LogP contribution is -2.24. The second-order valence-corrected chi connectivity index (χ2v) is 6.91. The van der Waals surface area contributed by atoms with Crippen molar-refractivity contribution in [2.45, 2.75) is 47.1 Å². The molecule has 3 aromatic rings. The molecule has 130 valence electrons. The van der Waals surface area contributed by atoms with E-state index in [0.717, 1.165) is 28.8 Å². The van der Waals surface area contributed by atoms with Gasteiger partial charge in [0.05, 0.1) is 0 Å². The van der Waals surface area contributed by atoms with Gasteiger partial charge in [0.2, 0.25) is 5.91 Å². The highest BCUT2D eigenvalue weighted by Crippen LogP contribution is 2.25. The summed E-state index contributed by atoms with van der Waals surface area (Å²) in [6.07, 6.45) is 3.02. The maximum absolute atomic E-state index is 12.8. The number of nitrogens with zero attached hydrogens (tertiary/aromatic N) is 1. The fourth-order valence-electron chi connectivity index (χ4n) is 3.50. The van der Waals surface area contributed by atoms with E-state index in [1.807, 2.05) is 31.5 Å². The Labute approximate surface area is 149 Å². The van der Waals surface area contributed by atoms with E-state index in [4.69, 9.17) is 0 Å². The third kappa shape index (κ3) is 3.32. The molecule has 0 aliphatic rings. The van der Waals surface area contributed by atoms with Crippen LogP contribution in [-0.2, 0) is 11.2 Å². The van der Waals surface area contributed by atoms with Gasteiger partial charge in [0.25, 0.3) is 0 Å². The third-order valence-electron chi connectivity index (χ3n) is 4.91. The van der Waals surface area contributed by atoms with Crippen molar-refractivity contribution in [2.24, 2.45) is 0 Å². The molecule has 0 aliphatic carbocycles. The van der Waals surface area contributed by atoms with Gasteiger partial charge < -0.3 is 9.88 Å². The van der Waals surface area contributed by atoms with E-state index < -0.39 is 0 Å². The molecule has 2 aromatic carbocycles. The average molecular weight is 334 g/mol. The van der Waals surface area contributed by atoms with Gasteiger partial charge in [-0.1, -0.05) is 30.7 Å². The molecule has 1 N–H and O–H groups in total. The topological polar surface area (TPSA) is 34.0 Å². The van der Waals surface area contributed by atoms with Crippen LogP contribution >= 0.6 is 0 Å². The third-order valence-corrected chi connectivity index (χ3v) is 4.91. The molecule has 0 saturated heterocycles. The van der Waals surface area contributed by atoms with Gasteiger partial charge in [0, 0.05) is 17.4 Å². The first-order valence-corrected chi connectivity index (χ1v) is 8.89. The van der Waals surface area contributed by atoms with Crippen LogP contribution < -0.4 is 5.32 Å². The SMILES string of the molecule is CCc1ccc2c(ccn2C(C)C(=O)Nc2c(C)cc(C)cc2C)c1. The molecule has 1 atom stereocenters. The smallest absolute Gasteiger partial charge is 0.247 e. The zero-order valence-corrected chi connectivity index (χ0v) is 15.7. The summed E-state index contributed by atoms with van der Waals surface area (Å²) in [5.74, 6) is 0.00659. The molecule has 0 fully saturated rings. The minimum atomic E-state index is -0.273. The van der Waals surface area contributed by atoms with E-state index in [1.54, 1.807) is 0 Å². The molecule has 1 heterocycles. The fourth-order valence-corrected chi connectivity index (χ4v) is 3.50. The Balaban J connectivity index is 1.88. The van der Waals surface area contributed by atoms with Gasteiger partial charge in [-0.15, -0.1) is 0 Å². The quantitative estimate of drug-likeness (QED) is 0.687. The molecular formula is C22H26N2O. The predicted octanol–water partition coefficient (Wildman–Crippen LogP) is 5.33. The Kier molecular flexibility index (Phi) is 4.67. The number of carbonyl (C=O) groups excluding carboxylic acids is 1. The summed E-state index contributed by atoms with van der Waals surface area (Å²) in [7, 11) is 0. The summed E-state index contributed by atoms with van der Waals surface area (Å²) in [6, 6.07) is 12.5. The van der Waals surface area contributed by atoms with Crippen LogP contribution in [0.3, 0.4) is 0 Å². The number of amides is 1. The van der Waals surface area contributed by atoms with Gasteiger partial charge in [-0.2, -0.15) is 0 Å². The molecule has 0 saturated carbocycles. The van der Waals surface area contributed by atoms with Gasteiger partial charge in [0.15, 0.2) is 0 Å². The van der Waals surface area contributed by atoms with E-state index in [0.29, 0.717) is 0 Å². The summed E-state index contributed by atoms with van der Waals surface area (Å²) in [4.78, 5) is 12.8. The highest BCUT2D eigenvalue weighted by molar-refractivity contribution is 5.96. The second kappa shape index (κ2) is 6.75. The number of fused-ring (bicyclic) bond motifs is 1. The van der Waals surface area contributed by atoms with Gasteiger partial charge in [-0.25, -0.2) is 0 Å². The Morgan fingerprint density at radius 2 is 1.76 bits per heavy atom. The molecule has 1 aromatic heterocycles. The monoisotopic (exact) mass is 334 g/mol. The normalized spacial score (nSPS) is 12.4. The minimum Gasteiger partial charge on any atom is -0.335 e. The van der Waals surface area contributed by atoms with E-state index in [2.05, 4.69) is 55.6 Å². The zero-order chi connectivity index (χ0) is 18.1. The van der Waals surface area contributed by atoms with E-state index in [1.165, 1.54) is 16.5 Å². The highest BCUT2D eigenvalue weighted by atomic mass is 16.2. The lowest BCUT2D eigenvalue weighted by atomic mass is 10.0. The number of hydrogen-bond acceptors (Lipinski definition) is 1. The summed E-state index contributed by atoms with van der Waals surface area (Å²) < 4.78 is 2.04. The summed E-state index contributed by atoms with van der Waals surface area (Å²) in [5, 5.41) is 4.30. The first-order chi connectivity index (χ1) is 11.9. The molecule has 3 heteroatoms. The molecule has 3 rings (SSSR count). The van der Waals surface area contributed by atoms with E-state index in [-0.39, 0.29) is 11.9 Å². The van der Waals surface area contributed by atoms with Crippen LogP contribution in [0.15, 0.2) is 42.6 Å². The lowest BCUT2D eigenvalue weighted by Gasteiger charge is -2.18. The Hall–Kier alpha value is -2.55. The first kappa shape index (κ1) is 17.3.